The molecule has 0 radical (unpaired) electrons. The topological polar surface area (TPSA) is 59.8 Å². The number of nitrogens with one attached hydrogen (secondary N) is 1. The van der Waals surface area contributed by atoms with Crippen LogP contribution in [-0.2, 0) is 6.42 Å². The summed E-state index contributed by atoms with van der Waals surface area (Å²) in [6.07, 6.45) is 2.76. The smallest absolute Gasteiger partial charge is 0.319 e. The van der Waals surface area contributed by atoms with E-state index >= 15 is 0 Å². The van der Waals surface area contributed by atoms with E-state index in [2.05, 4.69) is 41.3 Å². The summed E-state index contributed by atoms with van der Waals surface area (Å²) in [4.78, 5) is 20.5. The molecule has 1 aromatic carbocycles. The Labute approximate surface area is 160 Å². The highest BCUT2D eigenvalue weighted by Crippen LogP contribution is 2.25. The van der Waals surface area contributed by atoms with Crippen LogP contribution in [0.3, 0.4) is 0 Å². The molecular formula is C19H20F2N4OS. The number of carbonyl (C=O) groups excluding carboxylic acids is 1. The van der Waals surface area contributed by atoms with E-state index in [4.69, 9.17) is 0 Å². The molecule has 0 aliphatic carbocycles. The molecule has 142 valence electrons. The molecule has 1 N–H and O–H groups in total. The number of aromatic nitrogens is 3. The van der Waals surface area contributed by atoms with E-state index in [1.807, 2.05) is 12.1 Å². The second-order valence-corrected chi connectivity index (χ2v) is 7.21. The van der Waals surface area contributed by atoms with Gasteiger partial charge in [0.25, 0.3) is 5.91 Å². The van der Waals surface area contributed by atoms with Gasteiger partial charge in [-0.1, -0.05) is 38.1 Å². The SMILES string of the molecule is CC(C)c1ccc(-c2nc(C(=O)NCCc3nccn3C(F)F)cs2)cc1. The van der Waals surface area contributed by atoms with Gasteiger partial charge in [0.1, 0.15) is 16.5 Å². The third kappa shape index (κ3) is 4.57. The van der Waals surface area contributed by atoms with Crippen molar-refractivity contribution in [1.29, 1.82) is 0 Å². The van der Waals surface area contributed by atoms with E-state index in [1.165, 1.54) is 29.3 Å². The average Bonchev–Trinajstić information content (AvgIpc) is 3.31. The van der Waals surface area contributed by atoms with Crippen LogP contribution in [0.25, 0.3) is 10.6 Å². The lowest BCUT2D eigenvalue weighted by Crippen LogP contribution is -2.26. The predicted molar refractivity (Wildman–Crippen MR) is 101 cm³/mol. The first kappa shape index (κ1) is 19.2. The van der Waals surface area contributed by atoms with Gasteiger partial charge in [0, 0.05) is 36.3 Å². The fourth-order valence-electron chi connectivity index (χ4n) is 2.61. The molecule has 2 aromatic heterocycles. The number of nitrogens with zero attached hydrogens (tertiary/aromatic N) is 3. The highest BCUT2D eigenvalue weighted by molar-refractivity contribution is 7.13. The summed E-state index contributed by atoms with van der Waals surface area (Å²) < 4.78 is 26.3. The van der Waals surface area contributed by atoms with Crippen LogP contribution in [0.5, 0.6) is 0 Å². The maximum absolute atomic E-state index is 12.8. The molecule has 3 aromatic rings. The molecule has 0 saturated carbocycles. The van der Waals surface area contributed by atoms with Crippen molar-refractivity contribution in [3.63, 3.8) is 0 Å². The van der Waals surface area contributed by atoms with Crippen LogP contribution < -0.4 is 5.32 Å². The summed E-state index contributed by atoms with van der Waals surface area (Å²) in [5.41, 5.74) is 2.53. The van der Waals surface area contributed by atoms with Crippen molar-refractivity contribution in [2.24, 2.45) is 0 Å². The molecule has 0 aliphatic rings. The highest BCUT2D eigenvalue weighted by atomic mass is 32.1. The fraction of sp³-hybridized carbons (Fsp3) is 0.316. The summed E-state index contributed by atoms with van der Waals surface area (Å²) >= 11 is 1.40. The predicted octanol–water partition coefficient (Wildman–Crippen LogP) is 4.50. The molecule has 0 fully saturated rings. The molecule has 0 atom stereocenters. The first-order valence-corrected chi connectivity index (χ1v) is 9.47. The highest BCUT2D eigenvalue weighted by Gasteiger charge is 2.14. The number of halogens is 2. The molecule has 0 spiro atoms. The Hall–Kier alpha value is -2.61. The number of hydrogen-bond acceptors (Lipinski definition) is 4. The molecule has 0 unspecified atom stereocenters. The van der Waals surface area contributed by atoms with Gasteiger partial charge in [-0.15, -0.1) is 11.3 Å². The first-order chi connectivity index (χ1) is 13.0. The van der Waals surface area contributed by atoms with E-state index in [1.54, 1.807) is 5.38 Å². The van der Waals surface area contributed by atoms with Crippen LogP contribution in [0.15, 0.2) is 42.0 Å². The molecule has 3 rings (SSSR count). The van der Waals surface area contributed by atoms with Crippen LogP contribution in [0.4, 0.5) is 8.78 Å². The zero-order valence-corrected chi connectivity index (χ0v) is 15.8. The Kier molecular flexibility index (Phi) is 5.95. The monoisotopic (exact) mass is 390 g/mol. The second-order valence-electron chi connectivity index (χ2n) is 6.35. The van der Waals surface area contributed by atoms with Gasteiger partial charge in [-0.3, -0.25) is 9.36 Å². The van der Waals surface area contributed by atoms with E-state index in [0.717, 1.165) is 15.1 Å². The molecule has 0 bridgehead atoms. The van der Waals surface area contributed by atoms with Crippen molar-refractivity contribution in [3.05, 3.63) is 59.1 Å². The Bertz CT molecular complexity index is 903. The van der Waals surface area contributed by atoms with Crippen molar-refractivity contribution < 1.29 is 13.6 Å². The summed E-state index contributed by atoms with van der Waals surface area (Å²) in [7, 11) is 0. The first-order valence-electron chi connectivity index (χ1n) is 8.59. The van der Waals surface area contributed by atoms with Gasteiger partial charge in [0.05, 0.1) is 0 Å². The number of hydrogen-bond donors (Lipinski definition) is 1. The van der Waals surface area contributed by atoms with Gasteiger partial charge in [-0.05, 0) is 11.5 Å². The molecule has 1 amide bonds. The molecule has 5 nitrogen and oxygen atoms in total. The van der Waals surface area contributed by atoms with E-state index in [-0.39, 0.29) is 24.7 Å². The third-order valence-corrected chi connectivity index (χ3v) is 5.05. The quantitative estimate of drug-likeness (QED) is 0.646. The zero-order valence-electron chi connectivity index (χ0n) is 15.0. The molecule has 0 aliphatic heterocycles. The maximum Gasteiger partial charge on any atom is 0.319 e. The van der Waals surface area contributed by atoms with Gasteiger partial charge < -0.3 is 5.32 Å². The van der Waals surface area contributed by atoms with Gasteiger partial charge in [-0.2, -0.15) is 8.78 Å². The molecule has 0 saturated heterocycles. The Morgan fingerprint density at radius 1 is 1.26 bits per heavy atom. The summed E-state index contributed by atoms with van der Waals surface area (Å²) in [5.74, 6) is 0.360. The number of amides is 1. The summed E-state index contributed by atoms with van der Waals surface area (Å²) in [5, 5.41) is 5.16. The van der Waals surface area contributed by atoms with Crippen LogP contribution >= 0.6 is 11.3 Å². The van der Waals surface area contributed by atoms with Crippen LogP contribution in [-0.4, -0.2) is 27.0 Å². The Morgan fingerprint density at radius 2 is 2.00 bits per heavy atom. The van der Waals surface area contributed by atoms with Crippen molar-refractivity contribution in [1.82, 2.24) is 19.9 Å². The maximum atomic E-state index is 12.8. The number of imidazole rings is 1. The van der Waals surface area contributed by atoms with E-state index < -0.39 is 6.55 Å². The van der Waals surface area contributed by atoms with Crippen molar-refractivity contribution in [2.45, 2.75) is 32.7 Å². The van der Waals surface area contributed by atoms with E-state index in [0.29, 0.717) is 11.6 Å². The minimum atomic E-state index is -2.64. The minimum Gasteiger partial charge on any atom is -0.350 e. The third-order valence-electron chi connectivity index (χ3n) is 4.15. The van der Waals surface area contributed by atoms with Gasteiger partial charge in [-0.25, -0.2) is 9.97 Å². The summed E-state index contributed by atoms with van der Waals surface area (Å²) in [6.45, 7) is 1.84. The lowest BCUT2D eigenvalue weighted by molar-refractivity contribution is 0.0670. The second kappa shape index (κ2) is 8.39. The number of carbonyl (C=O) groups is 1. The lowest BCUT2D eigenvalue weighted by Gasteiger charge is -2.07. The number of rotatable bonds is 7. The van der Waals surface area contributed by atoms with E-state index in [9.17, 15) is 13.6 Å². The van der Waals surface area contributed by atoms with Gasteiger partial charge in [0.15, 0.2) is 0 Å². The van der Waals surface area contributed by atoms with Crippen molar-refractivity contribution >= 4 is 17.2 Å². The lowest BCUT2D eigenvalue weighted by atomic mass is 10.0. The fourth-order valence-corrected chi connectivity index (χ4v) is 3.42. The normalized spacial score (nSPS) is 11.3. The van der Waals surface area contributed by atoms with Crippen molar-refractivity contribution in [3.8, 4) is 10.6 Å². The summed E-state index contributed by atoms with van der Waals surface area (Å²) in [6, 6.07) is 8.12. The Balaban J connectivity index is 1.59. The number of alkyl halides is 2. The number of benzene rings is 1. The zero-order chi connectivity index (χ0) is 19.4. The van der Waals surface area contributed by atoms with Gasteiger partial charge >= 0.3 is 6.55 Å². The van der Waals surface area contributed by atoms with Crippen molar-refractivity contribution in [2.75, 3.05) is 6.54 Å². The van der Waals surface area contributed by atoms with Crippen LogP contribution in [0, 0.1) is 0 Å². The standard InChI is InChI=1S/C19H20F2N4OS/c1-12(2)13-3-5-14(6-4-13)18-24-15(11-27-18)17(26)23-8-7-16-22-9-10-25(16)19(20)21/h3-6,9-12,19H,7-8H2,1-2H3,(H,23,26). The Morgan fingerprint density at radius 3 is 2.67 bits per heavy atom. The van der Waals surface area contributed by atoms with Crippen LogP contribution in [0.2, 0.25) is 0 Å². The van der Waals surface area contributed by atoms with Gasteiger partial charge in [0.2, 0.25) is 0 Å². The minimum absolute atomic E-state index is 0.207. The molecule has 27 heavy (non-hydrogen) atoms. The largest absolute Gasteiger partial charge is 0.350 e. The average molecular weight is 390 g/mol. The number of thiazole rings is 1. The molecular weight excluding hydrogens is 370 g/mol. The molecule has 8 heteroatoms. The van der Waals surface area contributed by atoms with Crippen LogP contribution in [0.1, 0.15) is 48.2 Å². The molecule has 2 heterocycles.